The first-order valence-electron chi connectivity index (χ1n) is 12.1. The van der Waals surface area contributed by atoms with Crippen LogP contribution in [0.2, 0.25) is 5.02 Å². The van der Waals surface area contributed by atoms with Gasteiger partial charge in [-0.25, -0.2) is 4.90 Å². The van der Waals surface area contributed by atoms with Crippen LogP contribution in [-0.2, 0) is 15.0 Å². The van der Waals surface area contributed by atoms with E-state index >= 15 is 0 Å². The van der Waals surface area contributed by atoms with Crippen molar-refractivity contribution in [2.24, 2.45) is 16.8 Å². The maximum Gasteiger partial charge on any atom is 0.239 e. The van der Waals surface area contributed by atoms with Crippen molar-refractivity contribution < 1.29 is 9.59 Å². The number of aliphatic imine (C=N–C) groups is 1. The molecule has 1 saturated heterocycles. The van der Waals surface area contributed by atoms with E-state index in [0.29, 0.717) is 10.7 Å². The molecule has 4 nitrogen and oxygen atoms in total. The fourth-order valence-corrected chi connectivity index (χ4v) is 7.26. The second-order valence-electron chi connectivity index (χ2n) is 9.73. The number of anilines is 1. The van der Waals surface area contributed by atoms with Crippen molar-refractivity contribution in [1.82, 2.24) is 0 Å². The van der Waals surface area contributed by atoms with Gasteiger partial charge in [-0.1, -0.05) is 94.3 Å². The zero-order chi connectivity index (χ0) is 25.3. The molecule has 4 aromatic rings. The topological polar surface area (TPSA) is 49.7 Å². The molecule has 37 heavy (non-hydrogen) atoms. The number of carbonyl (C=O) groups excluding carboxylic acids is 2. The molecule has 2 atom stereocenters. The standard InChI is InChI=1S/C31H20BrClN2O2/c32-18-8-7-9-19(16-18)34-17-31-22-12-3-1-10-20(22)26(21-11-2-4-13-23(21)31)27-28(31)30(37)35(29(27)36)25-15-6-5-14-24(25)33/h1-17,26-28H/t26?,27-,28+,31?/m0/s1. The molecule has 2 amide bonds. The van der Waals surface area contributed by atoms with Crippen molar-refractivity contribution in [3.63, 3.8) is 0 Å². The quantitative estimate of drug-likeness (QED) is 0.197. The lowest BCUT2D eigenvalue weighted by atomic mass is 9.47. The summed E-state index contributed by atoms with van der Waals surface area (Å²) in [5, 5.41) is 0.377. The fourth-order valence-electron chi connectivity index (χ4n) is 6.65. The number of para-hydroxylation sites is 1. The molecule has 0 saturated carbocycles. The summed E-state index contributed by atoms with van der Waals surface area (Å²) in [6.07, 6.45) is 1.90. The van der Waals surface area contributed by atoms with E-state index in [9.17, 15) is 9.59 Å². The molecule has 3 aliphatic carbocycles. The molecule has 0 N–H and O–H groups in total. The Hall–Kier alpha value is -3.54. The zero-order valence-corrected chi connectivity index (χ0v) is 21.9. The molecule has 0 aromatic heterocycles. The van der Waals surface area contributed by atoms with Crippen LogP contribution in [0, 0.1) is 11.8 Å². The van der Waals surface area contributed by atoms with Crippen LogP contribution in [0.15, 0.2) is 107 Å². The molecular formula is C31H20BrClN2O2. The Kier molecular flexibility index (Phi) is 5.04. The van der Waals surface area contributed by atoms with Gasteiger partial charge in [-0.3, -0.25) is 14.6 Å². The van der Waals surface area contributed by atoms with Crippen LogP contribution in [0.4, 0.5) is 11.4 Å². The third-order valence-electron chi connectivity index (χ3n) is 8.00. The minimum absolute atomic E-state index is 0.211. The summed E-state index contributed by atoms with van der Waals surface area (Å²) < 4.78 is 0.919. The summed E-state index contributed by atoms with van der Waals surface area (Å²) in [6, 6.07) is 31.1. The van der Waals surface area contributed by atoms with E-state index in [1.165, 1.54) is 4.90 Å². The number of hydrogen-bond donors (Lipinski definition) is 0. The molecule has 4 aliphatic rings. The molecule has 1 fully saturated rings. The number of imide groups is 1. The van der Waals surface area contributed by atoms with Crippen LogP contribution < -0.4 is 4.90 Å². The molecular weight excluding hydrogens is 548 g/mol. The molecule has 0 spiro atoms. The van der Waals surface area contributed by atoms with Crippen LogP contribution in [0.5, 0.6) is 0 Å². The van der Waals surface area contributed by atoms with Crippen LogP contribution >= 0.6 is 27.5 Å². The summed E-state index contributed by atoms with van der Waals surface area (Å²) >= 11 is 10.0. The third kappa shape index (κ3) is 3.04. The van der Waals surface area contributed by atoms with Gasteiger partial charge in [0.25, 0.3) is 0 Å². The predicted molar refractivity (Wildman–Crippen MR) is 149 cm³/mol. The lowest BCUT2D eigenvalue weighted by Gasteiger charge is -2.52. The van der Waals surface area contributed by atoms with Gasteiger partial charge >= 0.3 is 0 Å². The van der Waals surface area contributed by atoms with E-state index in [0.717, 1.165) is 32.4 Å². The SMILES string of the molecule is O=C1[C@H]2C3c4ccccc4C(C=Nc4cccc(Br)c4)(c4ccccc43)[C@H]2C(=O)N1c1ccccc1Cl. The van der Waals surface area contributed by atoms with Crippen molar-refractivity contribution in [2.45, 2.75) is 11.3 Å². The molecule has 8 rings (SSSR count). The highest BCUT2D eigenvalue weighted by Crippen LogP contribution is 2.64. The van der Waals surface area contributed by atoms with E-state index in [1.54, 1.807) is 24.3 Å². The Morgan fingerprint density at radius 3 is 2.14 bits per heavy atom. The van der Waals surface area contributed by atoms with Gasteiger partial charge in [0.15, 0.2) is 0 Å². The molecule has 180 valence electrons. The molecule has 1 aliphatic heterocycles. The summed E-state index contributed by atoms with van der Waals surface area (Å²) in [5.41, 5.74) is 4.50. The minimum atomic E-state index is -0.905. The monoisotopic (exact) mass is 566 g/mol. The Balaban J connectivity index is 1.52. The second kappa shape index (κ2) is 8.23. The number of benzene rings is 4. The number of halogens is 2. The average Bonchev–Trinajstić information content (AvgIpc) is 3.19. The lowest BCUT2D eigenvalue weighted by Crippen LogP contribution is -2.54. The van der Waals surface area contributed by atoms with Gasteiger partial charge in [0, 0.05) is 16.6 Å². The first-order chi connectivity index (χ1) is 18.0. The Bertz CT molecular complexity index is 1600. The molecule has 0 radical (unpaired) electrons. The largest absolute Gasteiger partial charge is 0.274 e. The van der Waals surface area contributed by atoms with Crippen molar-refractivity contribution >= 4 is 56.9 Å². The first-order valence-corrected chi connectivity index (χ1v) is 13.3. The van der Waals surface area contributed by atoms with Gasteiger partial charge in [0.05, 0.1) is 33.6 Å². The van der Waals surface area contributed by atoms with Gasteiger partial charge < -0.3 is 0 Å². The van der Waals surface area contributed by atoms with Gasteiger partial charge in [0.2, 0.25) is 11.8 Å². The number of carbonyl (C=O) groups is 2. The maximum atomic E-state index is 14.4. The molecule has 4 aromatic carbocycles. The van der Waals surface area contributed by atoms with Crippen LogP contribution in [-0.4, -0.2) is 18.0 Å². The molecule has 1 heterocycles. The highest BCUT2D eigenvalue weighted by atomic mass is 79.9. The molecule has 2 bridgehead atoms. The zero-order valence-electron chi connectivity index (χ0n) is 19.5. The maximum absolute atomic E-state index is 14.4. The predicted octanol–water partition coefficient (Wildman–Crippen LogP) is 7.06. The van der Waals surface area contributed by atoms with Crippen LogP contribution in [0.1, 0.15) is 28.2 Å². The van der Waals surface area contributed by atoms with Crippen molar-refractivity contribution in [3.8, 4) is 0 Å². The first kappa shape index (κ1) is 22.6. The van der Waals surface area contributed by atoms with E-state index in [1.807, 2.05) is 54.7 Å². The summed E-state index contributed by atoms with van der Waals surface area (Å²) in [7, 11) is 0. The number of rotatable bonds is 3. The Morgan fingerprint density at radius 1 is 0.811 bits per heavy atom. The second-order valence-corrected chi connectivity index (χ2v) is 11.0. The van der Waals surface area contributed by atoms with Gasteiger partial charge in [-0.05, 0) is 52.6 Å². The molecule has 6 heteroatoms. The Morgan fingerprint density at radius 2 is 1.46 bits per heavy atom. The average molecular weight is 568 g/mol. The summed E-state index contributed by atoms with van der Waals surface area (Å²) in [4.78, 5) is 34.8. The normalized spacial score (nSPS) is 25.4. The van der Waals surface area contributed by atoms with Gasteiger partial charge in [-0.15, -0.1) is 0 Å². The minimum Gasteiger partial charge on any atom is -0.274 e. The highest BCUT2D eigenvalue weighted by Gasteiger charge is 2.68. The van der Waals surface area contributed by atoms with Crippen molar-refractivity contribution in [2.75, 3.05) is 4.90 Å². The lowest BCUT2D eigenvalue weighted by molar-refractivity contribution is -0.122. The number of hydrogen-bond acceptors (Lipinski definition) is 3. The van der Waals surface area contributed by atoms with E-state index in [-0.39, 0.29) is 17.7 Å². The van der Waals surface area contributed by atoms with Crippen LogP contribution in [0.3, 0.4) is 0 Å². The smallest absolute Gasteiger partial charge is 0.239 e. The summed E-state index contributed by atoms with van der Waals surface area (Å²) in [6.45, 7) is 0. The van der Waals surface area contributed by atoms with E-state index < -0.39 is 17.3 Å². The third-order valence-corrected chi connectivity index (χ3v) is 8.82. The van der Waals surface area contributed by atoms with E-state index in [4.69, 9.17) is 16.6 Å². The van der Waals surface area contributed by atoms with Gasteiger partial charge in [-0.2, -0.15) is 0 Å². The highest BCUT2D eigenvalue weighted by molar-refractivity contribution is 9.10. The summed E-state index contributed by atoms with van der Waals surface area (Å²) in [5.74, 6) is -1.86. The van der Waals surface area contributed by atoms with Crippen molar-refractivity contribution in [1.29, 1.82) is 0 Å². The number of nitrogens with zero attached hydrogens (tertiary/aromatic N) is 2. The van der Waals surface area contributed by atoms with E-state index in [2.05, 4.69) is 40.2 Å². The Labute approximate surface area is 227 Å². The van der Waals surface area contributed by atoms with Crippen molar-refractivity contribution in [3.05, 3.63) is 129 Å². The number of amides is 2. The fraction of sp³-hybridized carbons (Fsp3) is 0.129. The van der Waals surface area contributed by atoms with Gasteiger partial charge in [0.1, 0.15) is 0 Å². The molecule has 0 unspecified atom stereocenters. The van der Waals surface area contributed by atoms with Crippen LogP contribution in [0.25, 0.3) is 0 Å².